The molecule has 0 fully saturated rings. The van der Waals surface area contributed by atoms with E-state index in [9.17, 15) is 0 Å². The Bertz CT molecular complexity index is 442. The molecule has 2 N–H and O–H groups in total. The second kappa shape index (κ2) is 26.4. The van der Waals surface area contributed by atoms with Crippen molar-refractivity contribution in [1.82, 2.24) is 0 Å². The lowest BCUT2D eigenvalue weighted by Crippen LogP contribution is -2.36. The molecule has 0 spiro atoms. The standard InChI is InChI=1S/C29H55NO2/c1-4-6-8-10-12-13-14-15-16-17-18-19-20-21-23-25-27-32-29(28(3)30)31-26-24-22-11-9-7-5-2/h7,9,12-13,15-16,28-29H,4-6,8,10-11,14,17-27,30H2,1-3H3/b9-7-,13-12-,16-15-. The molecule has 0 radical (unpaired) electrons. The summed E-state index contributed by atoms with van der Waals surface area (Å²) in [6.07, 6.45) is 33.1. The molecule has 3 nitrogen and oxygen atoms in total. The molecule has 3 heteroatoms. The van der Waals surface area contributed by atoms with Gasteiger partial charge in [-0.25, -0.2) is 0 Å². The van der Waals surface area contributed by atoms with E-state index in [-0.39, 0.29) is 12.3 Å². The zero-order valence-corrected chi connectivity index (χ0v) is 21.7. The summed E-state index contributed by atoms with van der Waals surface area (Å²) in [4.78, 5) is 0. The highest BCUT2D eigenvalue weighted by Gasteiger charge is 2.14. The molecule has 188 valence electrons. The number of allylic oxidation sites excluding steroid dienone is 6. The summed E-state index contributed by atoms with van der Waals surface area (Å²) in [6, 6.07) is -0.0837. The summed E-state index contributed by atoms with van der Waals surface area (Å²) in [7, 11) is 0. The van der Waals surface area contributed by atoms with Gasteiger partial charge in [0, 0.05) is 13.2 Å². The summed E-state index contributed by atoms with van der Waals surface area (Å²) in [5.74, 6) is 0. The Morgan fingerprint density at radius 2 is 1.06 bits per heavy atom. The quantitative estimate of drug-likeness (QED) is 0.0910. The lowest BCUT2D eigenvalue weighted by atomic mass is 10.1. The lowest BCUT2D eigenvalue weighted by molar-refractivity contribution is -0.153. The first kappa shape index (κ1) is 31.1. The smallest absolute Gasteiger partial charge is 0.172 e. The van der Waals surface area contributed by atoms with Crippen LogP contribution in [0.25, 0.3) is 0 Å². The van der Waals surface area contributed by atoms with Gasteiger partial charge in [-0.3, -0.25) is 0 Å². The zero-order valence-electron chi connectivity index (χ0n) is 21.7. The molecular formula is C29H55NO2. The predicted octanol–water partition coefficient (Wildman–Crippen LogP) is 8.64. The summed E-state index contributed by atoms with van der Waals surface area (Å²) in [5.41, 5.74) is 6.02. The first-order chi connectivity index (χ1) is 15.7. The third kappa shape index (κ3) is 23.8. The van der Waals surface area contributed by atoms with Crippen molar-refractivity contribution in [1.29, 1.82) is 0 Å². The Morgan fingerprint density at radius 1 is 0.594 bits per heavy atom. The Morgan fingerprint density at radius 3 is 1.62 bits per heavy atom. The molecule has 0 aromatic heterocycles. The molecule has 32 heavy (non-hydrogen) atoms. The van der Waals surface area contributed by atoms with Crippen molar-refractivity contribution in [2.75, 3.05) is 13.2 Å². The fourth-order valence-electron chi connectivity index (χ4n) is 3.49. The lowest BCUT2D eigenvalue weighted by Gasteiger charge is -2.21. The first-order valence-electron chi connectivity index (χ1n) is 13.7. The number of rotatable bonds is 24. The van der Waals surface area contributed by atoms with Crippen molar-refractivity contribution in [2.24, 2.45) is 5.73 Å². The van der Waals surface area contributed by atoms with Crippen molar-refractivity contribution >= 4 is 0 Å². The van der Waals surface area contributed by atoms with E-state index in [4.69, 9.17) is 15.2 Å². The normalized spacial score (nSPS) is 14.2. The van der Waals surface area contributed by atoms with Crippen LogP contribution in [-0.2, 0) is 9.47 Å². The van der Waals surface area contributed by atoms with Crippen molar-refractivity contribution in [2.45, 2.75) is 136 Å². The molecule has 2 atom stereocenters. The highest BCUT2D eigenvalue weighted by Crippen LogP contribution is 2.10. The first-order valence-corrected chi connectivity index (χ1v) is 13.7. The predicted molar refractivity (Wildman–Crippen MR) is 142 cm³/mol. The van der Waals surface area contributed by atoms with E-state index >= 15 is 0 Å². The number of hydrogen-bond acceptors (Lipinski definition) is 3. The Kier molecular flexibility index (Phi) is 25.6. The van der Waals surface area contributed by atoms with Gasteiger partial charge in [-0.1, -0.05) is 88.8 Å². The minimum Gasteiger partial charge on any atom is -0.351 e. The molecular weight excluding hydrogens is 394 g/mol. The monoisotopic (exact) mass is 449 g/mol. The van der Waals surface area contributed by atoms with Crippen LogP contribution in [0, 0.1) is 0 Å². The number of nitrogens with two attached hydrogens (primary N) is 1. The van der Waals surface area contributed by atoms with Gasteiger partial charge in [0.05, 0.1) is 6.04 Å². The van der Waals surface area contributed by atoms with Crippen LogP contribution in [0.3, 0.4) is 0 Å². The minimum absolute atomic E-state index is 0.0837. The van der Waals surface area contributed by atoms with Gasteiger partial charge in [0.1, 0.15) is 0 Å². The van der Waals surface area contributed by atoms with Crippen molar-refractivity contribution in [3.63, 3.8) is 0 Å². The molecule has 0 saturated heterocycles. The minimum atomic E-state index is -0.265. The number of unbranched alkanes of at least 4 members (excludes halogenated alkanes) is 11. The van der Waals surface area contributed by atoms with E-state index in [1.54, 1.807) is 0 Å². The number of hydrogen-bond donors (Lipinski definition) is 1. The van der Waals surface area contributed by atoms with Gasteiger partial charge in [-0.2, -0.15) is 0 Å². The maximum absolute atomic E-state index is 6.02. The largest absolute Gasteiger partial charge is 0.351 e. The van der Waals surface area contributed by atoms with Crippen LogP contribution in [0.5, 0.6) is 0 Å². The average molecular weight is 450 g/mol. The molecule has 0 aromatic carbocycles. The van der Waals surface area contributed by atoms with Crippen molar-refractivity contribution < 1.29 is 9.47 Å². The summed E-state index contributed by atoms with van der Waals surface area (Å²) >= 11 is 0. The van der Waals surface area contributed by atoms with Crippen LogP contribution in [0.15, 0.2) is 36.5 Å². The van der Waals surface area contributed by atoms with E-state index in [2.05, 4.69) is 50.3 Å². The fraction of sp³-hybridized carbons (Fsp3) is 0.793. The summed E-state index contributed by atoms with van der Waals surface area (Å²) in [6.45, 7) is 7.87. The topological polar surface area (TPSA) is 44.5 Å². The van der Waals surface area contributed by atoms with Gasteiger partial charge >= 0.3 is 0 Å². The van der Waals surface area contributed by atoms with Crippen LogP contribution in [0.1, 0.15) is 124 Å². The van der Waals surface area contributed by atoms with E-state index in [0.717, 1.165) is 51.7 Å². The number of ether oxygens (including phenoxy) is 2. The molecule has 0 rings (SSSR count). The van der Waals surface area contributed by atoms with E-state index in [1.165, 1.54) is 64.2 Å². The Hall–Kier alpha value is -0.900. The van der Waals surface area contributed by atoms with Gasteiger partial charge in [0.15, 0.2) is 6.29 Å². The van der Waals surface area contributed by atoms with Crippen molar-refractivity contribution in [3.8, 4) is 0 Å². The molecule has 0 aliphatic carbocycles. The molecule has 0 amide bonds. The second-order valence-corrected chi connectivity index (χ2v) is 8.93. The SMILES string of the molecule is CC/C=C\CCCCOC(OCCCCCCCC/C=C\C/C=C\CCCCC)C(C)N. The van der Waals surface area contributed by atoms with Crippen LogP contribution in [0.2, 0.25) is 0 Å². The third-order valence-electron chi connectivity index (χ3n) is 5.51. The molecule has 0 heterocycles. The molecule has 0 aliphatic rings. The van der Waals surface area contributed by atoms with Crippen LogP contribution in [-0.4, -0.2) is 25.5 Å². The van der Waals surface area contributed by atoms with E-state index in [0.29, 0.717) is 0 Å². The Balaban J connectivity index is 3.48. The van der Waals surface area contributed by atoms with Gasteiger partial charge in [-0.15, -0.1) is 0 Å². The van der Waals surface area contributed by atoms with E-state index < -0.39 is 0 Å². The second-order valence-electron chi connectivity index (χ2n) is 8.93. The maximum Gasteiger partial charge on any atom is 0.172 e. The van der Waals surface area contributed by atoms with E-state index in [1.807, 2.05) is 6.92 Å². The van der Waals surface area contributed by atoms with Gasteiger partial charge in [-0.05, 0) is 71.1 Å². The van der Waals surface area contributed by atoms with Crippen LogP contribution < -0.4 is 5.73 Å². The van der Waals surface area contributed by atoms with Gasteiger partial charge < -0.3 is 15.2 Å². The van der Waals surface area contributed by atoms with Crippen LogP contribution in [0.4, 0.5) is 0 Å². The zero-order chi connectivity index (χ0) is 23.5. The van der Waals surface area contributed by atoms with Crippen LogP contribution >= 0.6 is 0 Å². The Labute approximate surface area is 200 Å². The van der Waals surface area contributed by atoms with Gasteiger partial charge in [0.25, 0.3) is 0 Å². The summed E-state index contributed by atoms with van der Waals surface area (Å²) < 4.78 is 11.7. The fourth-order valence-corrected chi connectivity index (χ4v) is 3.49. The summed E-state index contributed by atoms with van der Waals surface area (Å²) in [5, 5.41) is 0. The van der Waals surface area contributed by atoms with Crippen molar-refractivity contribution in [3.05, 3.63) is 36.5 Å². The van der Waals surface area contributed by atoms with Gasteiger partial charge in [0.2, 0.25) is 0 Å². The maximum atomic E-state index is 6.02. The average Bonchev–Trinajstić information content (AvgIpc) is 2.78. The molecule has 0 bridgehead atoms. The third-order valence-corrected chi connectivity index (χ3v) is 5.51. The highest BCUT2D eigenvalue weighted by molar-refractivity contribution is 4.92. The molecule has 0 aromatic rings. The molecule has 0 saturated carbocycles. The molecule has 0 aliphatic heterocycles. The highest BCUT2D eigenvalue weighted by atomic mass is 16.7. The molecule has 2 unspecified atom stereocenters.